The van der Waals surface area contributed by atoms with Crippen LogP contribution in [0.4, 0.5) is 5.82 Å². The van der Waals surface area contributed by atoms with Gasteiger partial charge in [0.05, 0.1) is 0 Å². The molecule has 1 aliphatic carbocycles. The van der Waals surface area contributed by atoms with Crippen LogP contribution in [0.2, 0.25) is 0 Å². The van der Waals surface area contributed by atoms with Crippen LogP contribution in [0.1, 0.15) is 38.3 Å². The van der Waals surface area contributed by atoms with E-state index in [1.807, 2.05) is 12.1 Å². The van der Waals surface area contributed by atoms with Gasteiger partial charge in [-0.15, -0.1) is 0 Å². The lowest BCUT2D eigenvalue weighted by Crippen LogP contribution is -2.37. The van der Waals surface area contributed by atoms with Crippen molar-refractivity contribution in [2.24, 2.45) is 5.41 Å². The van der Waals surface area contributed by atoms with Gasteiger partial charge in [0.25, 0.3) is 0 Å². The van der Waals surface area contributed by atoms with Gasteiger partial charge in [0.15, 0.2) is 5.82 Å². The molecule has 0 atom stereocenters. The minimum absolute atomic E-state index is 0.359. The monoisotopic (exact) mass is 339 g/mol. The van der Waals surface area contributed by atoms with Crippen molar-refractivity contribution in [3.63, 3.8) is 0 Å². The van der Waals surface area contributed by atoms with Crippen LogP contribution < -0.4 is 5.32 Å². The molecule has 1 saturated carbocycles. The Kier molecular flexibility index (Phi) is 5.63. The van der Waals surface area contributed by atoms with Crippen molar-refractivity contribution in [1.82, 2.24) is 19.9 Å². The van der Waals surface area contributed by atoms with Crippen molar-refractivity contribution in [2.75, 3.05) is 32.5 Å². The molecule has 0 aromatic carbocycles. The Balaban J connectivity index is 1.80. The topological polar surface area (TPSA) is 53.9 Å². The number of aromatic nitrogens is 3. The van der Waals surface area contributed by atoms with E-state index < -0.39 is 0 Å². The highest BCUT2D eigenvalue weighted by Gasteiger charge is 2.34. The van der Waals surface area contributed by atoms with E-state index in [1.54, 1.807) is 12.4 Å². The molecule has 1 aliphatic rings. The average Bonchev–Trinajstić information content (AvgIpc) is 3.08. The summed E-state index contributed by atoms with van der Waals surface area (Å²) >= 11 is 0. The average molecular weight is 339 g/mol. The maximum Gasteiger partial charge on any atom is 0.161 e. The first kappa shape index (κ1) is 17.8. The molecule has 0 amide bonds. The van der Waals surface area contributed by atoms with Gasteiger partial charge in [0, 0.05) is 48.2 Å². The quantitative estimate of drug-likeness (QED) is 0.835. The highest BCUT2D eigenvalue weighted by Crippen LogP contribution is 2.38. The number of pyridine rings is 1. The van der Waals surface area contributed by atoms with E-state index in [1.165, 1.54) is 25.7 Å². The van der Waals surface area contributed by atoms with Crippen LogP contribution in [0.25, 0.3) is 11.4 Å². The van der Waals surface area contributed by atoms with Crippen molar-refractivity contribution < 1.29 is 0 Å². The Morgan fingerprint density at radius 3 is 2.48 bits per heavy atom. The molecule has 5 nitrogen and oxygen atoms in total. The fourth-order valence-electron chi connectivity index (χ4n) is 3.86. The maximum absolute atomic E-state index is 4.76. The second-order valence-corrected chi connectivity index (χ2v) is 7.46. The molecule has 0 bridgehead atoms. The lowest BCUT2D eigenvalue weighted by atomic mass is 9.85. The van der Waals surface area contributed by atoms with Crippen LogP contribution in [-0.4, -0.2) is 47.0 Å². The molecule has 2 heterocycles. The number of rotatable bonds is 7. The molecule has 2 aromatic rings. The van der Waals surface area contributed by atoms with Gasteiger partial charge in [0.1, 0.15) is 5.82 Å². The standard InChI is InChI=1S/C20H29N5/c1-4-17-13-18(24-19(23-17)16-7-11-21-12-8-16)22-14-20(15-25(2)3)9-5-6-10-20/h7-8,11-13H,4-6,9-10,14-15H2,1-3H3,(H,22,23,24). The number of anilines is 1. The molecule has 25 heavy (non-hydrogen) atoms. The third-order valence-corrected chi connectivity index (χ3v) is 5.04. The molecular formula is C20H29N5. The molecule has 0 saturated heterocycles. The van der Waals surface area contributed by atoms with E-state index in [0.29, 0.717) is 5.41 Å². The Labute approximate surface area is 150 Å². The summed E-state index contributed by atoms with van der Waals surface area (Å²) in [4.78, 5) is 15.8. The minimum Gasteiger partial charge on any atom is -0.369 e. The van der Waals surface area contributed by atoms with Gasteiger partial charge in [-0.25, -0.2) is 9.97 Å². The molecule has 2 aromatic heterocycles. The van der Waals surface area contributed by atoms with Crippen molar-refractivity contribution in [3.8, 4) is 11.4 Å². The van der Waals surface area contributed by atoms with Crippen LogP contribution in [-0.2, 0) is 6.42 Å². The molecule has 3 rings (SSSR count). The van der Waals surface area contributed by atoms with Gasteiger partial charge in [-0.3, -0.25) is 4.98 Å². The van der Waals surface area contributed by atoms with Gasteiger partial charge < -0.3 is 10.2 Å². The zero-order chi connectivity index (χ0) is 17.7. The number of hydrogen-bond acceptors (Lipinski definition) is 5. The summed E-state index contributed by atoms with van der Waals surface area (Å²) in [6, 6.07) is 6.01. The van der Waals surface area contributed by atoms with E-state index in [4.69, 9.17) is 4.98 Å². The SMILES string of the molecule is CCc1cc(NCC2(CN(C)C)CCCC2)nc(-c2ccncc2)n1. The van der Waals surface area contributed by atoms with Crippen LogP contribution in [0.3, 0.4) is 0 Å². The van der Waals surface area contributed by atoms with Gasteiger partial charge in [0.2, 0.25) is 0 Å². The second kappa shape index (κ2) is 7.91. The minimum atomic E-state index is 0.359. The Morgan fingerprint density at radius 1 is 1.12 bits per heavy atom. The van der Waals surface area contributed by atoms with Gasteiger partial charge in [-0.05, 0) is 45.5 Å². The van der Waals surface area contributed by atoms with E-state index in [0.717, 1.165) is 42.4 Å². The third-order valence-electron chi connectivity index (χ3n) is 5.04. The Hall–Kier alpha value is -2.01. The van der Waals surface area contributed by atoms with Crippen molar-refractivity contribution in [3.05, 3.63) is 36.3 Å². The van der Waals surface area contributed by atoms with E-state index >= 15 is 0 Å². The Morgan fingerprint density at radius 2 is 1.84 bits per heavy atom. The van der Waals surface area contributed by atoms with Crippen molar-refractivity contribution in [1.29, 1.82) is 0 Å². The number of nitrogens with zero attached hydrogens (tertiary/aromatic N) is 4. The molecule has 0 radical (unpaired) electrons. The van der Waals surface area contributed by atoms with Crippen molar-refractivity contribution in [2.45, 2.75) is 39.0 Å². The molecule has 134 valence electrons. The fourth-order valence-corrected chi connectivity index (χ4v) is 3.86. The molecule has 5 heteroatoms. The first-order valence-corrected chi connectivity index (χ1v) is 9.27. The van der Waals surface area contributed by atoms with Gasteiger partial charge in [-0.1, -0.05) is 19.8 Å². The number of aryl methyl sites for hydroxylation is 1. The molecule has 0 spiro atoms. The fraction of sp³-hybridized carbons (Fsp3) is 0.550. The maximum atomic E-state index is 4.76. The third kappa shape index (κ3) is 4.54. The van der Waals surface area contributed by atoms with Crippen LogP contribution in [0, 0.1) is 5.41 Å². The summed E-state index contributed by atoms with van der Waals surface area (Å²) in [5, 5.41) is 3.62. The first-order valence-electron chi connectivity index (χ1n) is 9.27. The van der Waals surface area contributed by atoms with Gasteiger partial charge >= 0.3 is 0 Å². The van der Waals surface area contributed by atoms with Gasteiger partial charge in [-0.2, -0.15) is 0 Å². The molecule has 0 unspecified atom stereocenters. The Bertz CT molecular complexity index is 678. The summed E-state index contributed by atoms with van der Waals surface area (Å²) in [6.45, 7) is 4.23. The summed E-state index contributed by atoms with van der Waals surface area (Å²) in [6.07, 6.45) is 9.73. The number of hydrogen-bond donors (Lipinski definition) is 1. The summed E-state index contributed by atoms with van der Waals surface area (Å²) in [5.41, 5.74) is 2.44. The van der Waals surface area contributed by atoms with E-state index in [2.05, 4.69) is 47.3 Å². The molecule has 1 fully saturated rings. The smallest absolute Gasteiger partial charge is 0.161 e. The summed E-state index contributed by atoms with van der Waals surface area (Å²) in [5.74, 6) is 1.71. The second-order valence-electron chi connectivity index (χ2n) is 7.46. The lowest BCUT2D eigenvalue weighted by Gasteiger charge is -2.32. The predicted molar refractivity (Wildman–Crippen MR) is 103 cm³/mol. The first-order chi connectivity index (χ1) is 12.1. The van der Waals surface area contributed by atoms with E-state index in [-0.39, 0.29) is 0 Å². The summed E-state index contributed by atoms with van der Waals surface area (Å²) in [7, 11) is 4.34. The predicted octanol–water partition coefficient (Wildman–Crippen LogP) is 3.63. The normalized spacial score (nSPS) is 16.3. The van der Waals surface area contributed by atoms with E-state index in [9.17, 15) is 0 Å². The van der Waals surface area contributed by atoms with Crippen LogP contribution in [0.15, 0.2) is 30.6 Å². The molecular weight excluding hydrogens is 310 g/mol. The lowest BCUT2D eigenvalue weighted by molar-refractivity contribution is 0.215. The molecule has 0 aliphatic heterocycles. The van der Waals surface area contributed by atoms with Crippen LogP contribution in [0.5, 0.6) is 0 Å². The highest BCUT2D eigenvalue weighted by atomic mass is 15.1. The zero-order valence-electron chi connectivity index (χ0n) is 15.6. The highest BCUT2D eigenvalue weighted by molar-refractivity contribution is 5.56. The number of nitrogens with one attached hydrogen (secondary N) is 1. The van der Waals surface area contributed by atoms with Crippen LogP contribution >= 0.6 is 0 Å². The largest absolute Gasteiger partial charge is 0.369 e. The van der Waals surface area contributed by atoms with Crippen molar-refractivity contribution >= 4 is 5.82 Å². The summed E-state index contributed by atoms with van der Waals surface area (Å²) < 4.78 is 0. The zero-order valence-corrected chi connectivity index (χ0v) is 15.6. The molecule has 1 N–H and O–H groups in total.